The van der Waals surface area contributed by atoms with E-state index in [1.807, 2.05) is 25.1 Å². The van der Waals surface area contributed by atoms with E-state index in [9.17, 15) is 10.1 Å². The third-order valence-corrected chi connectivity index (χ3v) is 3.74. The maximum absolute atomic E-state index is 10.7. The summed E-state index contributed by atoms with van der Waals surface area (Å²) in [6.07, 6.45) is 0. The van der Waals surface area contributed by atoms with E-state index >= 15 is 0 Å². The molecule has 0 saturated carbocycles. The molecule has 0 saturated heterocycles. The van der Waals surface area contributed by atoms with Crippen LogP contribution in [0.25, 0.3) is 34.3 Å². The van der Waals surface area contributed by atoms with Crippen molar-refractivity contribution in [3.8, 4) is 29.1 Å². The number of fused-ring (bicyclic) bond motifs is 1. The number of aromatic nitrogens is 2. The quantitative estimate of drug-likeness (QED) is 0.404. The summed E-state index contributed by atoms with van der Waals surface area (Å²) < 4.78 is 21.8. The highest BCUT2D eigenvalue weighted by molar-refractivity contribution is 5.91. The molecule has 9 nitrogen and oxygen atoms in total. The number of hydrogen-bond acceptors (Lipinski definition) is 8. The average molecular weight is 341 g/mol. The minimum atomic E-state index is -0.642. The van der Waals surface area contributed by atoms with Crippen molar-refractivity contribution in [2.45, 2.75) is 6.92 Å². The van der Waals surface area contributed by atoms with Gasteiger partial charge in [-0.05, 0) is 25.1 Å². The predicted octanol–water partition coefficient (Wildman–Crippen LogP) is 3.97. The van der Waals surface area contributed by atoms with Crippen molar-refractivity contribution in [3.63, 3.8) is 0 Å². The van der Waals surface area contributed by atoms with Crippen molar-refractivity contribution in [1.29, 1.82) is 0 Å². The van der Waals surface area contributed by atoms with Crippen molar-refractivity contribution in [3.05, 3.63) is 46.0 Å². The van der Waals surface area contributed by atoms with Gasteiger partial charge in [-0.15, -0.1) is 10.2 Å². The minimum absolute atomic E-state index is 0.0231. The van der Waals surface area contributed by atoms with Crippen LogP contribution in [0.2, 0.25) is 0 Å². The van der Waals surface area contributed by atoms with E-state index in [4.69, 9.17) is 18.0 Å². The molecular weight excluding hydrogens is 330 g/mol. The number of benzene rings is 1. The van der Waals surface area contributed by atoms with E-state index in [1.54, 1.807) is 7.11 Å². The van der Waals surface area contributed by atoms with E-state index in [-0.39, 0.29) is 17.5 Å². The lowest BCUT2D eigenvalue weighted by Crippen LogP contribution is -1.84. The first-order chi connectivity index (χ1) is 12.1. The summed E-state index contributed by atoms with van der Waals surface area (Å²) in [5.74, 6) is 0.946. The van der Waals surface area contributed by atoms with E-state index in [0.29, 0.717) is 17.1 Å². The monoisotopic (exact) mass is 341 g/mol. The molecule has 0 N–H and O–H groups in total. The van der Waals surface area contributed by atoms with Gasteiger partial charge in [-0.1, -0.05) is 6.07 Å². The molecule has 25 heavy (non-hydrogen) atoms. The van der Waals surface area contributed by atoms with Crippen molar-refractivity contribution < 1.29 is 22.9 Å². The number of furan rings is 2. The number of ether oxygens (including phenoxy) is 1. The standard InChI is InChI=1S/C16H11N3O6/c1-8-13-9(22-2)4-3-5-10(13)24-14(8)16-18-17-15(25-16)11-6-7-12(23-11)19(20)21/h3-7H,1-2H3. The highest BCUT2D eigenvalue weighted by Crippen LogP contribution is 2.38. The van der Waals surface area contributed by atoms with Crippen molar-refractivity contribution >= 4 is 16.9 Å². The SMILES string of the molecule is COc1cccc2oc(-c3nnc(-c4ccc([N+](=O)[O-])o4)o3)c(C)c12. The van der Waals surface area contributed by atoms with Crippen LogP contribution < -0.4 is 4.74 Å². The predicted molar refractivity (Wildman–Crippen MR) is 85.2 cm³/mol. The Morgan fingerprint density at radius 2 is 1.88 bits per heavy atom. The lowest BCUT2D eigenvalue weighted by Gasteiger charge is -2.00. The lowest BCUT2D eigenvalue weighted by molar-refractivity contribution is -0.401. The number of methoxy groups -OCH3 is 1. The van der Waals surface area contributed by atoms with Crippen LogP contribution in [0.3, 0.4) is 0 Å². The Labute approximate surface area is 140 Å². The zero-order chi connectivity index (χ0) is 17.6. The normalized spacial score (nSPS) is 11.1. The molecule has 0 atom stereocenters. The molecule has 0 radical (unpaired) electrons. The first kappa shape index (κ1) is 14.9. The fraction of sp³-hybridized carbons (Fsp3) is 0.125. The summed E-state index contributed by atoms with van der Waals surface area (Å²) in [6, 6.07) is 8.06. The van der Waals surface area contributed by atoms with Crippen LogP contribution in [0, 0.1) is 17.0 Å². The molecule has 0 aliphatic rings. The molecular formula is C16H11N3O6. The highest BCUT2D eigenvalue weighted by Gasteiger charge is 2.23. The first-order valence-electron chi connectivity index (χ1n) is 7.23. The molecule has 0 bridgehead atoms. The molecule has 3 heterocycles. The summed E-state index contributed by atoms with van der Waals surface area (Å²) in [4.78, 5) is 10.1. The zero-order valence-corrected chi connectivity index (χ0v) is 13.2. The van der Waals surface area contributed by atoms with Gasteiger partial charge >= 0.3 is 5.88 Å². The smallest absolute Gasteiger partial charge is 0.433 e. The number of hydrogen-bond donors (Lipinski definition) is 0. The van der Waals surface area contributed by atoms with Gasteiger partial charge in [0.15, 0.2) is 11.5 Å². The Morgan fingerprint density at radius 1 is 1.08 bits per heavy atom. The third kappa shape index (κ3) is 2.33. The molecule has 0 amide bonds. The summed E-state index contributed by atoms with van der Waals surface area (Å²) >= 11 is 0. The van der Waals surface area contributed by atoms with Crippen molar-refractivity contribution in [2.24, 2.45) is 0 Å². The molecule has 9 heteroatoms. The maximum atomic E-state index is 10.7. The Balaban J connectivity index is 1.78. The molecule has 0 unspecified atom stereocenters. The molecule has 0 spiro atoms. The van der Waals surface area contributed by atoms with Gasteiger partial charge in [0.25, 0.3) is 11.8 Å². The molecule has 126 valence electrons. The molecule has 4 rings (SSSR count). The lowest BCUT2D eigenvalue weighted by atomic mass is 10.1. The van der Waals surface area contributed by atoms with Gasteiger partial charge in [0.2, 0.25) is 0 Å². The van der Waals surface area contributed by atoms with E-state index in [1.165, 1.54) is 12.1 Å². The molecule has 0 fully saturated rings. The molecule has 0 aliphatic heterocycles. The summed E-state index contributed by atoms with van der Waals surface area (Å²) in [6.45, 7) is 1.85. The van der Waals surface area contributed by atoms with Crippen LogP contribution in [0.1, 0.15) is 5.56 Å². The minimum Gasteiger partial charge on any atom is -0.496 e. The second-order valence-corrected chi connectivity index (χ2v) is 5.20. The number of nitro groups is 1. The largest absolute Gasteiger partial charge is 0.496 e. The van der Waals surface area contributed by atoms with Gasteiger partial charge in [0.05, 0.1) is 18.6 Å². The number of nitrogens with zero attached hydrogens (tertiary/aromatic N) is 3. The van der Waals surface area contributed by atoms with E-state index < -0.39 is 10.8 Å². The number of aryl methyl sites for hydroxylation is 1. The van der Waals surface area contributed by atoms with Crippen molar-refractivity contribution in [2.75, 3.05) is 7.11 Å². The Kier molecular flexibility index (Phi) is 3.27. The average Bonchev–Trinajstić information content (AvgIpc) is 3.32. The second-order valence-electron chi connectivity index (χ2n) is 5.20. The topological polar surface area (TPSA) is 118 Å². The second kappa shape index (κ2) is 5.48. The third-order valence-electron chi connectivity index (χ3n) is 3.74. The van der Waals surface area contributed by atoms with Gasteiger partial charge in [0.1, 0.15) is 16.3 Å². The van der Waals surface area contributed by atoms with Gasteiger partial charge in [0, 0.05) is 5.56 Å². The van der Waals surface area contributed by atoms with Gasteiger partial charge < -0.3 is 18.0 Å². The maximum Gasteiger partial charge on any atom is 0.433 e. The first-order valence-corrected chi connectivity index (χ1v) is 7.23. The zero-order valence-electron chi connectivity index (χ0n) is 13.2. The van der Waals surface area contributed by atoms with Crippen LogP contribution in [0.15, 0.2) is 43.6 Å². The number of rotatable bonds is 4. The van der Waals surface area contributed by atoms with E-state index in [2.05, 4.69) is 10.2 Å². The van der Waals surface area contributed by atoms with Crippen LogP contribution in [0.5, 0.6) is 5.75 Å². The fourth-order valence-corrected chi connectivity index (χ4v) is 2.60. The Bertz CT molecular complexity index is 1090. The van der Waals surface area contributed by atoms with Crippen LogP contribution >= 0.6 is 0 Å². The van der Waals surface area contributed by atoms with Crippen LogP contribution in [-0.4, -0.2) is 22.2 Å². The molecule has 1 aromatic carbocycles. The molecule has 0 aliphatic carbocycles. The highest BCUT2D eigenvalue weighted by atomic mass is 16.6. The van der Waals surface area contributed by atoms with Gasteiger partial charge in [-0.3, -0.25) is 10.1 Å². The molecule has 3 aromatic heterocycles. The summed E-state index contributed by atoms with van der Waals surface area (Å²) in [5, 5.41) is 19.3. The van der Waals surface area contributed by atoms with Gasteiger partial charge in [-0.2, -0.15) is 0 Å². The summed E-state index contributed by atoms with van der Waals surface area (Å²) in [7, 11) is 1.58. The Morgan fingerprint density at radius 3 is 2.60 bits per heavy atom. The van der Waals surface area contributed by atoms with Crippen LogP contribution in [0.4, 0.5) is 5.88 Å². The van der Waals surface area contributed by atoms with Crippen molar-refractivity contribution in [1.82, 2.24) is 10.2 Å². The summed E-state index contributed by atoms with van der Waals surface area (Å²) in [5.41, 5.74) is 1.41. The van der Waals surface area contributed by atoms with E-state index in [0.717, 1.165) is 10.9 Å². The Hall–Kier alpha value is -3.62. The fourth-order valence-electron chi connectivity index (χ4n) is 2.60. The van der Waals surface area contributed by atoms with Gasteiger partial charge in [-0.25, -0.2) is 0 Å². The van der Waals surface area contributed by atoms with Crippen LogP contribution in [-0.2, 0) is 0 Å². The molecule has 4 aromatic rings.